The number of rotatable bonds is 6. The number of halogens is 1. The van der Waals surface area contributed by atoms with Crippen molar-refractivity contribution in [1.82, 2.24) is 9.80 Å². The fourth-order valence-corrected chi connectivity index (χ4v) is 3.82. The van der Waals surface area contributed by atoms with Crippen molar-refractivity contribution in [2.75, 3.05) is 27.2 Å². The molecule has 0 radical (unpaired) electrons. The number of carbonyl (C=O) groups is 2. The Balaban J connectivity index is 1.42. The van der Waals surface area contributed by atoms with Gasteiger partial charge >= 0.3 is 0 Å². The van der Waals surface area contributed by atoms with Crippen LogP contribution in [0.25, 0.3) is 0 Å². The van der Waals surface area contributed by atoms with Crippen molar-refractivity contribution in [2.24, 2.45) is 5.92 Å². The largest absolute Gasteiger partial charge is 0.345 e. The molecule has 29 heavy (non-hydrogen) atoms. The molecule has 3 rings (SSSR count). The molecular formula is C24H29FN2O2. The lowest BCUT2D eigenvalue weighted by atomic mass is 9.90. The number of hydrogen-bond donors (Lipinski definition) is 0. The Kier molecular flexibility index (Phi) is 7.02. The quantitative estimate of drug-likeness (QED) is 0.742. The third kappa shape index (κ3) is 5.89. The van der Waals surface area contributed by atoms with Gasteiger partial charge in [-0.3, -0.25) is 9.59 Å². The van der Waals surface area contributed by atoms with Crippen LogP contribution in [0.1, 0.15) is 40.7 Å². The Hall–Kier alpha value is -2.69. The van der Waals surface area contributed by atoms with Crippen LogP contribution in [0.2, 0.25) is 0 Å². The number of benzene rings is 2. The van der Waals surface area contributed by atoms with E-state index in [4.69, 9.17) is 0 Å². The van der Waals surface area contributed by atoms with Gasteiger partial charge in [-0.2, -0.15) is 0 Å². The summed E-state index contributed by atoms with van der Waals surface area (Å²) >= 11 is 0. The van der Waals surface area contributed by atoms with Crippen LogP contribution >= 0.6 is 0 Å². The standard InChI is InChI=1S/C24H29FN2O2/c1-26(2)24(29)21-8-3-18(4-9-21)7-12-23(28)27-15-13-20(14-16-27)17-19-5-10-22(25)11-6-19/h3-6,8-11,20H,7,12-17H2,1-2H3. The second-order valence-electron chi connectivity index (χ2n) is 8.05. The minimum atomic E-state index is -0.201. The molecular weight excluding hydrogens is 367 g/mol. The fraction of sp³-hybridized carbons (Fsp3) is 0.417. The highest BCUT2D eigenvalue weighted by Crippen LogP contribution is 2.22. The van der Waals surface area contributed by atoms with Gasteiger partial charge in [0.2, 0.25) is 5.91 Å². The maximum absolute atomic E-state index is 13.0. The summed E-state index contributed by atoms with van der Waals surface area (Å²) in [5, 5.41) is 0. The Morgan fingerprint density at radius 1 is 0.966 bits per heavy atom. The zero-order valence-corrected chi connectivity index (χ0v) is 17.2. The number of piperidine rings is 1. The number of aryl methyl sites for hydroxylation is 1. The Labute approximate surface area is 172 Å². The third-order valence-electron chi connectivity index (χ3n) is 5.64. The Morgan fingerprint density at radius 2 is 1.55 bits per heavy atom. The second-order valence-corrected chi connectivity index (χ2v) is 8.05. The maximum Gasteiger partial charge on any atom is 0.253 e. The average Bonchev–Trinajstić information content (AvgIpc) is 2.74. The third-order valence-corrected chi connectivity index (χ3v) is 5.64. The van der Waals surface area contributed by atoms with Crippen molar-refractivity contribution in [3.63, 3.8) is 0 Å². The van der Waals surface area contributed by atoms with Crippen LogP contribution in [-0.4, -0.2) is 48.8 Å². The predicted octanol–water partition coefficient (Wildman–Crippen LogP) is 3.94. The molecule has 0 aromatic heterocycles. The van der Waals surface area contributed by atoms with Crippen molar-refractivity contribution >= 4 is 11.8 Å². The van der Waals surface area contributed by atoms with Crippen molar-refractivity contribution in [3.8, 4) is 0 Å². The molecule has 1 saturated heterocycles. The highest BCUT2D eigenvalue weighted by Gasteiger charge is 2.22. The zero-order valence-electron chi connectivity index (χ0n) is 17.2. The molecule has 0 N–H and O–H groups in total. The predicted molar refractivity (Wildman–Crippen MR) is 112 cm³/mol. The van der Waals surface area contributed by atoms with Gasteiger partial charge in [-0.1, -0.05) is 24.3 Å². The molecule has 2 aromatic carbocycles. The maximum atomic E-state index is 13.0. The molecule has 1 aliphatic heterocycles. The normalized spacial score (nSPS) is 14.7. The summed E-state index contributed by atoms with van der Waals surface area (Å²) in [6.45, 7) is 1.59. The van der Waals surface area contributed by atoms with Gasteiger partial charge in [0.05, 0.1) is 0 Å². The van der Waals surface area contributed by atoms with Crippen LogP contribution in [0.3, 0.4) is 0 Å². The van der Waals surface area contributed by atoms with Gasteiger partial charge in [0.1, 0.15) is 5.82 Å². The van der Waals surface area contributed by atoms with E-state index in [1.165, 1.54) is 12.1 Å². The van der Waals surface area contributed by atoms with E-state index in [1.807, 2.05) is 41.3 Å². The highest BCUT2D eigenvalue weighted by atomic mass is 19.1. The number of carbonyl (C=O) groups excluding carboxylic acids is 2. The van der Waals surface area contributed by atoms with Gasteiger partial charge in [-0.05, 0) is 67.0 Å². The fourth-order valence-electron chi connectivity index (χ4n) is 3.82. The van der Waals surface area contributed by atoms with Crippen molar-refractivity contribution in [2.45, 2.75) is 32.1 Å². The molecule has 154 valence electrons. The second kappa shape index (κ2) is 9.68. The van der Waals surface area contributed by atoms with E-state index >= 15 is 0 Å². The molecule has 0 bridgehead atoms. The van der Waals surface area contributed by atoms with Gasteiger partial charge in [0.25, 0.3) is 5.91 Å². The lowest BCUT2D eigenvalue weighted by molar-refractivity contribution is -0.132. The first-order valence-corrected chi connectivity index (χ1v) is 10.2. The van der Waals surface area contributed by atoms with Gasteiger partial charge in [0.15, 0.2) is 0 Å². The number of hydrogen-bond acceptors (Lipinski definition) is 2. The number of likely N-dealkylation sites (tertiary alicyclic amines) is 1. The molecule has 0 spiro atoms. The molecule has 0 aliphatic carbocycles. The summed E-state index contributed by atoms with van der Waals surface area (Å²) in [5.41, 5.74) is 2.89. The number of amides is 2. The van der Waals surface area contributed by atoms with Crippen LogP contribution in [0.4, 0.5) is 4.39 Å². The van der Waals surface area contributed by atoms with Gasteiger partial charge in [0, 0.05) is 39.2 Å². The molecule has 0 saturated carbocycles. The van der Waals surface area contributed by atoms with E-state index in [9.17, 15) is 14.0 Å². The van der Waals surface area contributed by atoms with E-state index in [0.29, 0.717) is 24.3 Å². The van der Waals surface area contributed by atoms with E-state index < -0.39 is 0 Å². The summed E-state index contributed by atoms with van der Waals surface area (Å²) in [5.74, 6) is 0.522. The molecule has 2 aromatic rings. The summed E-state index contributed by atoms with van der Waals surface area (Å²) in [6.07, 6.45) is 4.10. The Morgan fingerprint density at radius 3 is 2.14 bits per heavy atom. The molecule has 1 aliphatic rings. The van der Waals surface area contributed by atoms with E-state index in [1.54, 1.807) is 19.0 Å². The van der Waals surface area contributed by atoms with Gasteiger partial charge in [-0.25, -0.2) is 4.39 Å². The first-order chi connectivity index (χ1) is 13.9. The lowest BCUT2D eigenvalue weighted by Crippen LogP contribution is -2.39. The Bertz CT molecular complexity index is 823. The van der Waals surface area contributed by atoms with E-state index in [2.05, 4.69) is 0 Å². The van der Waals surface area contributed by atoms with Crippen molar-refractivity contribution in [1.29, 1.82) is 0 Å². The zero-order chi connectivity index (χ0) is 20.8. The summed E-state index contributed by atoms with van der Waals surface area (Å²) in [4.78, 5) is 28.0. The van der Waals surface area contributed by atoms with Crippen molar-refractivity contribution in [3.05, 3.63) is 71.0 Å². The minimum absolute atomic E-state index is 0.0175. The minimum Gasteiger partial charge on any atom is -0.345 e. The van der Waals surface area contributed by atoms with Gasteiger partial charge < -0.3 is 9.80 Å². The molecule has 1 fully saturated rings. The van der Waals surface area contributed by atoms with Crippen LogP contribution in [0, 0.1) is 11.7 Å². The van der Waals surface area contributed by atoms with Crippen LogP contribution in [0.5, 0.6) is 0 Å². The topological polar surface area (TPSA) is 40.6 Å². The molecule has 1 heterocycles. The van der Waals surface area contributed by atoms with Crippen molar-refractivity contribution < 1.29 is 14.0 Å². The molecule has 5 heteroatoms. The first-order valence-electron chi connectivity index (χ1n) is 10.2. The monoisotopic (exact) mass is 396 g/mol. The van der Waals surface area contributed by atoms with Gasteiger partial charge in [-0.15, -0.1) is 0 Å². The molecule has 0 atom stereocenters. The van der Waals surface area contributed by atoms with E-state index in [-0.39, 0.29) is 17.6 Å². The summed E-state index contributed by atoms with van der Waals surface area (Å²) < 4.78 is 13.0. The van der Waals surface area contributed by atoms with Crippen LogP contribution in [-0.2, 0) is 17.6 Å². The summed E-state index contributed by atoms with van der Waals surface area (Å²) in [6, 6.07) is 14.2. The highest BCUT2D eigenvalue weighted by molar-refractivity contribution is 5.93. The average molecular weight is 397 g/mol. The molecule has 2 amide bonds. The summed E-state index contributed by atoms with van der Waals surface area (Å²) in [7, 11) is 3.47. The molecule has 0 unspecified atom stereocenters. The SMILES string of the molecule is CN(C)C(=O)c1ccc(CCC(=O)N2CCC(Cc3ccc(F)cc3)CC2)cc1. The first kappa shape index (κ1) is 21.0. The van der Waals surface area contributed by atoms with Crippen LogP contribution < -0.4 is 0 Å². The lowest BCUT2D eigenvalue weighted by Gasteiger charge is -2.32. The van der Waals surface area contributed by atoms with Crippen LogP contribution in [0.15, 0.2) is 48.5 Å². The molecule has 4 nitrogen and oxygen atoms in total. The van der Waals surface area contributed by atoms with E-state index in [0.717, 1.165) is 43.5 Å². The number of nitrogens with zero attached hydrogens (tertiary/aromatic N) is 2. The smallest absolute Gasteiger partial charge is 0.253 e.